The van der Waals surface area contributed by atoms with Crippen molar-refractivity contribution in [1.29, 1.82) is 0 Å². The second kappa shape index (κ2) is 7.66. The first-order chi connectivity index (χ1) is 12.1. The summed E-state index contributed by atoms with van der Waals surface area (Å²) in [6, 6.07) is 17.8. The third kappa shape index (κ3) is 4.70. The van der Waals surface area contributed by atoms with Crippen LogP contribution >= 0.6 is 0 Å². The van der Waals surface area contributed by atoms with Crippen molar-refractivity contribution in [2.45, 2.75) is 20.0 Å². The monoisotopic (exact) mass is 334 g/mol. The van der Waals surface area contributed by atoms with E-state index in [2.05, 4.69) is 22.5 Å². The fourth-order valence-electron chi connectivity index (χ4n) is 2.63. The second-order valence-electron chi connectivity index (χ2n) is 6.19. The molecule has 2 aromatic carbocycles. The van der Waals surface area contributed by atoms with E-state index >= 15 is 0 Å². The molecule has 0 aliphatic carbocycles. The fraction of sp³-hybridized carbons (Fsp3) is 0.200. The molecular weight excluding hydrogens is 312 g/mol. The van der Waals surface area contributed by atoms with Crippen LogP contribution in [0, 0.1) is 6.92 Å². The molecule has 0 atom stereocenters. The van der Waals surface area contributed by atoms with Gasteiger partial charge in [0.2, 0.25) is 0 Å². The Balaban J connectivity index is 1.57. The predicted octanol–water partition coefficient (Wildman–Crippen LogP) is 3.90. The number of urea groups is 1. The van der Waals surface area contributed by atoms with Crippen LogP contribution in [0.2, 0.25) is 0 Å². The Hall–Kier alpha value is -3.08. The average Bonchev–Trinajstić information content (AvgIpc) is 3.02. The maximum absolute atomic E-state index is 12.3. The highest BCUT2D eigenvalue weighted by Crippen LogP contribution is 2.11. The Morgan fingerprint density at radius 2 is 1.92 bits per heavy atom. The highest BCUT2D eigenvalue weighted by Gasteiger charge is 2.11. The minimum atomic E-state index is -0.138. The lowest BCUT2D eigenvalue weighted by atomic mass is 10.2. The van der Waals surface area contributed by atoms with E-state index in [1.165, 1.54) is 5.56 Å². The molecule has 0 unspecified atom stereocenters. The second-order valence-corrected chi connectivity index (χ2v) is 6.19. The van der Waals surface area contributed by atoms with Gasteiger partial charge in [-0.05, 0) is 30.2 Å². The van der Waals surface area contributed by atoms with Gasteiger partial charge in [-0.1, -0.05) is 42.5 Å². The molecule has 0 bridgehead atoms. The number of anilines is 1. The van der Waals surface area contributed by atoms with Crippen molar-refractivity contribution in [2.24, 2.45) is 0 Å². The Kier molecular flexibility index (Phi) is 5.14. The maximum Gasteiger partial charge on any atom is 0.321 e. The first kappa shape index (κ1) is 16.8. The summed E-state index contributed by atoms with van der Waals surface area (Å²) in [7, 11) is 1.78. The number of aryl methyl sites for hydroxylation is 1. The van der Waals surface area contributed by atoms with E-state index in [1.54, 1.807) is 18.1 Å². The largest absolute Gasteiger partial charge is 0.323 e. The zero-order chi connectivity index (χ0) is 17.6. The Morgan fingerprint density at radius 1 is 1.12 bits per heavy atom. The normalized spacial score (nSPS) is 10.5. The van der Waals surface area contributed by atoms with Crippen LogP contribution < -0.4 is 5.32 Å². The summed E-state index contributed by atoms with van der Waals surface area (Å²) in [6.07, 6.45) is 3.78. The summed E-state index contributed by atoms with van der Waals surface area (Å²) >= 11 is 0. The molecule has 5 nitrogen and oxygen atoms in total. The number of carbonyl (C=O) groups excluding carboxylic acids is 1. The smallest absolute Gasteiger partial charge is 0.321 e. The summed E-state index contributed by atoms with van der Waals surface area (Å²) in [5, 5.41) is 7.29. The summed E-state index contributed by atoms with van der Waals surface area (Å²) < 4.78 is 1.89. The summed E-state index contributed by atoms with van der Waals surface area (Å²) in [5.41, 5.74) is 4.11. The molecule has 0 fully saturated rings. The zero-order valence-corrected chi connectivity index (χ0v) is 14.5. The SMILES string of the molecule is Cc1cccc(NC(=O)N(C)Cc2cnn(Cc3ccccc3)c2)c1. The number of rotatable bonds is 5. The van der Waals surface area contributed by atoms with Crippen molar-refractivity contribution in [2.75, 3.05) is 12.4 Å². The van der Waals surface area contributed by atoms with Crippen molar-refractivity contribution in [1.82, 2.24) is 14.7 Å². The highest BCUT2D eigenvalue weighted by atomic mass is 16.2. The number of amides is 2. The molecule has 1 heterocycles. The molecular formula is C20H22N4O. The van der Waals surface area contributed by atoms with Crippen molar-refractivity contribution < 1.29 is 4.79 Å². The molecule has 128 valence electrons. The van der Waals surface area contributed by atoms with E-state index in [0.717, 1.165) is 23.4 Å². The van der Waals surface area contributed by atoms with Crippen molar-refractivity contribution in [3.8, 4) is 0 Å². The van der Waals surface area contributed by atoms with Gasteiger partial charge in [-0.3, -0.25) is 4.68 Å². The number of benzene rings is 2. The molecule has 3 aromatic rings. The van der Waals surface area contributed by atoms with E-state index < -0.39 is 0 Å². The first-order valence-corrected chi connectivity index (χ1v) is 8.24. The van der Waals surface area contributed by atoms with Gasteiger partial charge in [0.25, 0.3) is 0 Å². The fourth-order valence-corrected chi connectivity index (χ4v) is 2.63. The predicted molar refractivity (Wildman–Crippen MR) is 99.4 cm³/mol. The lowest BCUT2D eigenvalue weighted by Crippen LogP contribution is -2.30. The molecule has 1 N–H and O–H groups in total. The van der Waals surface area contributed by atoms with Gasteiger partial charge in [-0.15, -0.1) is 0 Å². The number of carbonyl (C=O) groups is 1. The van der Waals surface area contributed by atoms with Crippen LogP contribution in [-0.2, 0) is 13.1 Å². The molecule has 0 saturated carbocycles. The van der Waals surface area contributed by atoms with E-state index in [0.29, 0.717) is 6.54 Å². The number of nitrogens with zero attached hydrogens (tertiary/aromatic N) is 3. The third-order valence-electron chi connectivity index (χ3n) is 3.91. The van der Waals surface area contributed by atoms with Gasteiger partial charge < -0.3 is 10.2 Å². The van der Waals surface area contributed by atoms with Crippen LogP contribution in [-0.4, -0.2) is 27.8 Å². The van der Waals surface area contributed by atoms with Crippen LogP contribution in [0.25, 0.3) is 0 Å². The molecule has 0 aliphatic rings. The summed E-state index contributed by atoms with van der Waals surface area (Å²) in [5.74, 6) is 0. The van der Waals surface area contributed by atoms with Crippen molar-refractivity contribution >= 4 is 11.7 Å². The highest BCUT2D eigenvalue weighted by molar-refractivity contribution is 5.89. The van der Waals surface area contributed by atoms with Gasteiger partial charge in [0.1, 0.15) is 0 Å². The van der Waals surface area contributed by atoms with Crippen LogP contribution in [0.3, 0.4) is 0 Å². The van der Waals surface area contributed by atoms with Gasteiger partial charge in [0, 0.05) is 24.5 Å². The summed E-state index contributed by atoms with van der Waals surface area (Å²) in [6.45, 7) is 3.23. The van der Waals surface area contributed by atoms with Crippen LogP contribution in [0.1, 0.15) is 16.7 Å². The van der Waals surface area contributed by atoms with Crippen molar-refractivity contribution in [3.63, 3.8) is 0 Å². The molecule has 3 rings (SSSR count). The lowest BCUT2D eigenvalue weighted by molar-refractivity contribution is 0.220. The van der Waals surface area contributed by atoms with Gasteiger partial charge in [0.15, 0.2) is 0 Å². The molecule has 2 amide bonds. The molecule has 0 spiro atoms. The number of aromatic nitrogens is 2. The quantitative estimate of drug-likeness (QED) is 0.769. The molecule has 0 saturated heterocycles. The lowest BCUT2D eigenvalue weighted by Gasteiger charge is -2.17. The van der Waals surface area contributed by atoms with E-state index in [4.69, 9.17) is 0 Å². The molecule has 25 heavy (non-hydrogen) atoms. The van der Waals surface area contributed by atoms with Gasteiger partial charge in [-0.25, -0.2) is 4.79 Å². The number of nitrogens with one attached hydrogen (secondary N) is 1. The number of hydrogen-bond donors (Lipinski definition) is 1. The van der Waals surface area contributed by atoms with Gasteiger partial charge in [0.05, 0.1) is 19.3 Å². The van der Waals surface area contributed by atoms with Crippen LogP contribution in [0.5, 0.6) is 0 Å². The van der Waals surface area contributed by atoms with E-state index in [9.17, 15) is 4.79 Å². The van der Waals surface area contributed by atoms with E-state index in [1.807, 2.05) is 60.3 Å². The molecule has 5 heteroatoms. The minimum absolute atomic E-state index is 0.138. The molecule has 0 aliphatic heterocycles. The molecule has 0 radical (unpaired) electrons. The van der Waals surface area contributed by atoms with Crippen molar-refractivity contribution in [3.05, 3.63) is 83.7 Å². The summed E-state index contributed by atoms with van der Waals surface area (Å²) in [4.78, 5) is 14.0. The van der Waals surface area contributed by atoms with Crippen LogP contribution in [0.4, 0.5) is 10.5 Å². The van der Waals surface area contributed by atoms with Gasteiger partial charge >= 0.3 is 6.03 Å². The molecule has 1 aromatic heterocycles. The number of hydrogen-bond acceptors (Lipinski definition) is 2. The topological polar surface area (TPSA) is 50.2 Å². The Morgan fingerprint density at radius 3 is 2.68 bits per heavy atom. The zero-order valence-electron chi connectivity index (χ0n) is 14.5. The average molecular weight is 334 g/mol. The van der Waals surface area contributed by atoms with E-state index in [-0.39, 0.29) is 6.03 Å². The van der Waals surface area contributed by atoms with Crippen LogP contribution in [0.15, 0.2) is 67.0 Å². The Labute approximate surface area is 147 Å². The minimum Gasteiger partial charge on any atom is -0.323 e. The maximum atomic E-state index is 12.3. The standard InChI is InChI=1S/C20H22N4O/c1-16-7-6-10-19(11-16)22-20(25)23(2)13-18-12-21-24(15-18)14-17-8-4-3-5-9-17/h3-12,15H,13-14H2,1-2H3,(H,22,25). The first-order valence-electron chi connectivity index (χ1n) is 8.24. The van der Waals surface area contributed by atoms with Gasteiger partial charge in [-0.2, -0.15) is 5.10 Å². The third-order valence-corrected chi connectivity index (χ3v) is 3.91. The Bertz CT molecular complexity index is 842.